The number of benzene rings is 1. The van der Waals surface area contributed by atoms with Gasteiger partial charge in [0.25, 0.3) is 5.91 Å². The fraction of sp³-hybridized carbons (Fsp3) is 0.385. The van der Waals surface area contributed by atoms with Gasteiger partial charge in [0.2, 0.25) is 0 Å². The molecule has 0 unspecified atom stereocenters. The van der Waals surface area contributed by atoms with Gasteiger partial charge in [0.1, 0.15) is 12.3 Å². The Morgan fingerprint density at radius 3 is 2.34 bits per heavy atom. The lowest BCUT2D eigenvalue weighted by Gasteiger charge is -2.33. The molecule has 9 nitrogen and oxygen atoms in total. The van der Waals surface area contributed by atoms with E-state index in [9.17, 15) is 22.8 Å². The van der Waals surface area contributed by atoms with E-state index in [2.05, 4.69) is 9.97 Å². The number of halogens is 3. The van der Waals surface area contributed by atoms with Gasteiger partial charge in [-0.1, -0.05) is 0 Å². The largest absolute Gasteiger partial charge is 0.493 e. The lowest BCUT2D eigenvalue weighted by molar-refractivity contribution is -0.137. The summed E-state index contributed by atoms with van der Waals surface area (Å²) in [6, 6.07) is 5.18. The summed E-state index contributed by atoms with van der Waals surface area (Å²) < 4.78 is 56.3. The Labute approximate surface area is 216 Å². The number of fused-ring (bicyclic) bond motifs is 1. The molecule has 0 spiro atoms. The minimum Gasteiger partial charge on any atom is -0.493 e. The number of methoxy groups -OCH3 is 2. The second-order valence-corrected chi connectivity index (χ2v) is 9.14. The van der Waals surface area contributed by atoms with E-state index in [4.69, 9.17) is 14.2 Å². The smallest absolute Gasteiger partial charge is 0.417 e. The van der Waals surface area contributed by atoms with Gasteiger partial charge < -0.3 is 14.2 Å². The number of pyridine rings is 2. The number of alkyl halides is 3. The second-order valence-electron chi connectivity index (χ2n) is 9.14. The Morgan fingerprint density at radius 1 is 0.947 bits per heavy atom. The molecule has 0 radical (unpaired) electrons. The number of amides is 3. The van der Waals surface area contributed by atoms with Gasteiger partial charge in [-0.2, -0.15) is 13.2 Å². The summed E-state index contributed by atoms with van der Waals surface area (Å²) in [5.41, 5.74) is -0.355. The van der Waals surface area contributed by atoms with Gasteiger partial charge in [0.15, 0.2) is 11.5 Å². The number of aromatic nitrogens is 2. The average Bonchev–Trinajstić information content (AvgIpc) is 3.21. The van der Waals surface area contributed by atoms with Crippen molar-refractivity contribution in [2.24, 2.45) is 0 Å². The number of nitrogens with zero attached hydrogens (tertiary/aromatic N) is 4. The Morgan fingerprint density at radius 2 is 1.66 bits per heavy atom. The zero-order valence-corrected chi connectivity index (χ0v) is 20.7. The fourth-order valence-corrected chi connectivity index (χ4v) is 4.96. The van der Waals surface area contributed by atoms with Gasteiger partial charge in [-0.3, -0.25) is 24.6 Å². The van der Waals surface area contributed by atoms with Crippen LogP contribution >= 0.6 is 0 Å². The van der Waals surface area contributed by atoms with Crippen LogP contribution in [0.25, 0.3) is 10.9 Å². The van der Waals surface area contributed by atoms with E-state index < -0.39 is 23.7 Å². The summed E-state index contributed by atoms with van der Waals surface area (Å²) in [5.74, 6) is 1.29. The summed E-state index contributed by atoms with van der Waals surface area (Å²) >= 11 is 0. The molecule has 12 heteroatoms. The number of carbonyl (C=O) groups excluding carboxylic acids is 2. The lowest BCUT2D eigenvalue weighted by atomic mass is 9.92. The number of carbonyl (C=O) groups is 2. The first-order valence-electron chi connectivity index (χ1n) is 12.0. The molecule has 0 N–H and O–H groups in total. The molecular formula is C26H25F3N4O5. The number of anilines is 1. The molecule has 0 bridgehead atoms. The number of imide groups is 1. The predicted molar refractivity (Wildman–Crippen MR) is 130 cm³/mol. The van der Waals surface area contributed by atoms with E-state index in [1.54, 1.807) is 38.6 Å². The van der Waals surface area contributed by atoms with Gasteiger partial charge in [0.05, 0.1) is 43.3 Å². The van der Waals surface area contributed by atoms with E-state index >= 15 is 0 Å². The van der Waals surface area contributed by atoms with E-state index in [0.717, 1.165) is 27.4 Å². The van der Waals surface area contributed by atoms with Crippen molar-refractivity contribution in [3.8, 4) is 17.2 Å². The normalized spacial score (nSPS) is 20.2. The molecule has 2 aromatic heterocycles. The third-order valence-corrected chi connectivity index (χ3v) is 6.87. The number of hydrogen-bond acceptors (Lipinski definition) is 7. The van der Waals surface area contributed by atoms with Crippen LogP contribution in [-0.2, 0) is 11.0 Å². The Balaban J connectivity index is 1.27. The van der Waals surface area contributed by atoms with E-state index in [1.807, 2.05) is 0 Å². The highest BCUT2D eigenvalue weighted by molar-refractivity contribution is 6.12. The highest BCUT2D eigenvalue weighted by Gasteiger charge is 2.43. The van der Waals surface area contributed by atoms with Crippen molar-refractivity contribution < 1.29 is 37.0 Å². The van der Waals surface area contributed by atoms with Crippen LogP contribution in [-0.4, -0.2) is 59.7 Å². The summed E-state index contributed by atoms with van der Waals surface area (Å²) in [6.45, 7) is -0.327. The predicted octanol–water partition coefficient (Wildman–Crippen LogP) is 4.82. The van der Waals surface area contributed by atoms with Crippen molar-refractivity contribution in [1.29, 1.82) is 0 Å². The standard InChI is InChI=1S/C26H25F3N4O5/c1-36-22-10-19-20(11-23(22)37-2)31-8-7-21(19)38-18-5-3-16(4-6-18)33-24(34)14-32(25(33)35)17-9-15(12-30-13-17)26(27,28)29/h7-13,16,18H,3-6,14H2,1-2H3. The minimum atomic E-state index is -4.61. The summed E-state index contributed by atoms with van der Waals surface area (Å²) in [7, 11) is 3.10. The third-order valence-electron chi connectivity index (χ3n) is 6.87. The van der Waals surface area contributed by atoms with Crippen LogP contribution in [0.1, 0.15) is 31.2 Å². The molecule has 38 heavy (non-hydrogen) atoms. The highest BCUT2D eigenvalue weighted by atomic mass is 19.4. The van der Waals surface area contributed by atoms with Crippen molar-refractivity contribution in [2.75, 3.05) is 25.7 Å². The molecular weight excluding hydrogens is 505 g/mol. The molecule has 1 aromatic carbocycles. The third kappa shape index (κ3) is 4.77. The maximum Gasteiger partial charge on any atom is 0.417 e. The summed E-state index contributed by atoms with van der Waals surface area (Å²) in [5, 5.41) is 0.766. The zero-order chi connectivity index (χ0) is 27.0. The number of urea groups is 1. The number of rotatable bonds is 6. The average molecular weight is 531 g/mol. The molecule has 3 heterocycles. The molecule has 1 saturated carbocycles. The topological polar surface area (TPSA) is 94.1 Å². The quantitative estimate of drug-likeness (QED) is 0.422. The Bertz CT molecular complexity index is 1370. The van der Waals surface area contributed by atoms with Gasteiger partial charge in [0, 0.05) is 29.9 Å². The van der Waals surface area contributed by atoms with E-state index in [0.29, 0.717) is 54.6 Å². The van der Waals surface area contributed by atoms with E-state index in [1.165, 1.54) is 0 Å². The minimum absolute atomic E-state index is 0.0608. The van der Waals surface area contributed by atoms with Crippen LogP contribution < -0.4 is 19.1 Å². The van der Waals surface area contributed by atoms with Crippen LogP contribution in [0.2, 0.25) is 0 Å². The van der Waals surface area contributed by atoms with Crippen LogP contribution in [0.5, 0.6) is 17.2 Å². The SMILES string of the molecule is COc1cc2nccc(OC3CCC(N4C(=O)CN(c5cncc(C(F)(F)F)c5)C4=O)CC3)c2cc1OC. The van der Waals surface area contributed by atoms with Gasteiger partial charge in [-0.15, -0.1) is 0 Å². The highest BCUT2D eigenvalue weighted by Crippen LogP contribution is 2.38. The first kappa shape index (κ1) is 25.6. The van der Waals surface area contributed by atoms with Crippen molar-refractivity contribution >= 4 is 28.5 Å². The first-order valence-corrected chi connectivity index (χ1v) is 12.0. The fourth-order valence-electron chi connectivity index (χ4n) is 4.96. The van der Waals surface area contributed by atoms with Crippen molar-refractivity contribution in [3.05, 3.63) is 48.4 Å². The molecule has 5 rings (SSSR count). The number of ether oxygens (including phenoxy) is 3. The summed E-state index contributed by atoms with van der Waals surface area (Å²) in [4.78, 5) is 36.0. The molecule has 3 aromatic rings. The van der Waals surface area contributed by atoms with Gasteiger partial charge in [-0.05, 0) is 43.9 Å². The van der Waals surface area contributed by atoms with Gasteiger partial charge >= 0.3 is 12.2 Å². The second kappa shape index (κ2) is 9.99. The van der Waals surface area contributed by atoms with Crippen molar-refractivity contribution in [1.82, 2.24) is 14.9 Å². The zero-order valence-electron chi connectivity index (χ0n) is 20.7. The van der Waals surface area contributed by atoms with Crippen molar-refractivity contribution in [3.63, 3.8) is 0 Å². The molecule has 1 saturated heterocycles. The Kier molecular flexibility index (Phi) is 6.72. The van der Waals surface area contributed by atoms with Crippen LogP contribution in [0.15, 0.2) is 42.9 Å². The van der Waals surface area contributed by atoms with Crippen LogP contribution in [0.3, 0.4) is 0 Å². The molecule has 0 atom stereocenters. The van der Waals surface area contributed by atoms with E-state index in [-0.39, 0.29) is 24.4 Å². The first-order chi connectivity index (χ1) is 18.2. The summed E-state index contributed by atoms with van der Waals surface area (Å²) in [6.07, 6.45) is 0.921. The molecule has 1 aliphatic carbocycles. The molecule has 3 amide bonds. The molecule has 2 fully saturated rings. The Hall–Kier alpha value is -4.09. The van der Waals surface area contributed by atoms with Crippen LogP contribution in [0.4, 0.5) is 23.7 Å². The van der Waals surface area contributed by atoms with Crippen molar-refractivity contribution in [2.45, 2.75) is 44.0 Å². The lowest BCUT2D eigenvalue weighted by Crippen LogP contribution is -2.44. The maximum absolute atomic E-state index is 13.1. The molecule has 1 aliphatic heterocycles. The molecule has 2 aliphatic rings. The monoisotopic (exact) mass is 530 g/mol. The number of hydrogen-bond donors (Lipinski definition) is 0. The van der Waals surface area contributed by atoms with Crippen LogP contribution in [0, 0.1) is 0 Å². The van der Waals surface area contributed by atoms with Gasteiger partial charge in [-0.25, -0.2) is 4.79 Å². The maximum atomic E-state index is 13.1. The molecule has 200 valence electrons.